The monoisotopic (exact) mass is 285 g/mol. The Bertz CT molecular complexity index is 693. The Morgan fingerprint density at radius 3 is 2.48 bits per heavy atom. The maximum Gasteiger partial charge on any atom is 0.338 e. The summed E-state index contributed by atoms with van der Waals surface area (Å²) >= 11 is 0. The second-order valence-electron chi connectivity index (χ2n) is 5.13. The van der Waals surface area contributed by atoms with Gasteiger partial charge >= 0.3 is 5.97 Å². The molecule has 0 spiro atoms. The standard InChI is InChI=1S/C17H19NO3/c1-10-7-8-11(2)16(12(10)3)21-9-13-5-4-6-14(18)15(13)17(19)20/h4-8H,9,18H2,1-3H3,(H,19,20). The van der Waals surface area contributed by atoms with Crippen molar-refractivity contribution in [3.8, 4) is 5.75 Å². The van der Waals surface area contributed by atoms with E-state index in [0.29, 0.717) is 5.56 Å². The Morgan fingerprint density at radius 1 is 1.14 bits per heavy atom. The lowest BCUT2D eigenvalue weighted by atomic mass is 10.0. The largest absolute Gasteiger partial charge is 0.488 e. The van der Waals surface area contributed by atoms with Crippen LogP contribution in [-0.4, -0.2) is 11.1 Å². The first kappa shape index (κ1) is 14.9. The van der Waals surface area contributed by atoms with Crippen LogP contribution >= 0.6 is 0 Å². The van der Waals surface area contributed by atoms with Crippen LogP contribution in [0.15, 0.2) is 30.3 Å². The minimum atomic E-state index is -1.04. The third kappa shape index (κ3) is 2.99. The second-order valence-corrected chi connectivity index (χ2v) is 5.13. The average Bonchev–Trinajstić information content (AvgIpc) is 2.42. The van der Waals surface area contributed by atoms with Crippen LogP contribution in [0.5, 0.6) is 5.75 Å². The predicted octanol–water partition coefficient (Wildman–Crippen LogP) is 3.47. The van der Waals surface area contributed by atoms with Crippen molar-refractivity contribution < 1.29 is 14.6 Å². The van der Waals surface area contributed by atoms with Crippen molar-refractivity contribution in [2.75, 3.05) is 5.73 Å². The number of benzene rings is 2. The molecule has 21 heavy (non-hydrogen) atoms. The van der Waals surface area contributed by atoms with Crippen LogP contribution < -0.4 is 10.5 Å². The van der Waals surface area contributed by atoms with Crippen molar-refractivity contribution in [2.24, 2.45) is 0 Å². The van der Waals surface area contributed by atoms with E-state index in [1.807, 2.05) is 32.9 Å². The maximum atomic E-state index is 11.3. The van der Waals surface area contributed by atoms with E-state index in [2.05, 4.69) is 0 Å². The number of hydrogen-bond donors (Lipinski definition) is 2. The van der Waals surface area contributed by atoms with Gasteiger partial charge in [0.25, 0.3) is 0 Å². The van der Waals surface area contributed by atoms with Crippen LogP contribution in [0, 0.1) is 20.8 Å². The molecule has 2 aromatic carbocycles. The molecule has 0 unspecified atom stereocenters. The molecule has 0 aliphatic rings. The molecule has 4 heteroatoms. The van der Waals surface area contributed by atoms with Crippen molar-refractivity contribution in [1.82, 2.24) is 0 Å². The Balaban J connectivity index is 2.32. The van der Waals surface area contributed by atoms with Gasteiger partial charge in [-0.2, -0.15) is 0 Å². The van der Waals surface area contributed by atoms with Crippen LogP contribution in [0.25, 0.3) is 0 Å². The molecule has 2 aromatic rings. The van der Waals surface area contributed by atoms with Gasteiger partial charge in [0.15, 0.2) is 0 Å². The number of aryl methyl sites for hydroxylation is 2. The fourth-order valence-electron chi connectivity index (χ4n) is 2.30. The molecule has 0 amide bonds. The lowest BCUT2D eigenvalue weighted by Gasteiger charge is -2.15. The molecule has 4 nitrogen and oxygen atoms in total. The summed E-state index contributed by atoms with van der Waals surface area (Å²) in [5.74, 6) is -0.238. The first-order valence-electron chi connectivity index (χ1n) is 6.72. The molecule has 0 saturated carbocycles. The summed E-state index contributed by atoms with van der Waals surface area (Å²) in [5, 5.41) is 9.26. The summed E-state index contributed by atoms with van der Waals surface area (Å²) in [6, 6.07) is 9.07. The molecule has 2 rings (SSSR count). The Morgan fingerprint density at radius 2 is 1.81 bits per heavy atom. The SMILES string of the molecule is Cc1ccc(C)c(OCc2cccc(N)c2C(=O)O)c1C. The lowest BCUT2D eigenvalue weighted by Crippen LogP contribution is -2.09. The molecule has 0 aromatic heterocycles. The molecule has 110 valence electrons. The highest BCUT2D eigenvalue weighted by atomic mass is 16.5. The van der Waals surface area contributed by atoms with Gasteiger partial charge in [-0.05, 0) is 43.5 Å². The first-order valence-corrected chi connectivity index (χ1v) is 6.72. The summed E-state index contributed by atoms with van der Waals surface area (Å²) in [6.45, 7) is 6.16. The Labute approximate surface area is 124 Å². The summed E-state index contributed by atoms with van der Waals surface area (Å²) in [4.78, 5) is 11.3. The van der Waals surface area contributed by atoms with Gasteiger partial charge in [0.05, 0.1) is 5.56 Å². The topological polar surface area (TPSA) is 72.5 Å². The van der Waals surface area contributed by atoms with Gasteiger partial charge in [-0.25, -0.2) is 4.79 Å². The van der Waals surface area contributed by atoms with Crippen molar-refractivity contribution in [3.05, 3.63) is 58.1 Å². The normalized spacial score (nSPS) is 10.4. The van der Waals surface area contributed by atoms with Crippen molar-refractivity contribution in [2.45, 2.75) is 27.4 Å². The molecule has 0 saturated heterocycles. The quantitative estimate of drug-likeness (QED) is 0.844. The molecule has 0 heterocycles. The second kappa shape index (κ2) is 5.87. The number of hydrogen-bond acceptors (Lipinski definition) is 3. The first-order chi connectivity index (χ1) is 9.91. The summed E-state index contributed by atoms with van der Waals surface area (Å²) in [6.07, 6.45) is 0. The van der Waals surface area contributed by atoms with Gasteiger partial charge in [0.1, 0.15) is 12.4 Å². The molecule has 3 N–H and O–H groups in total. The van der Waals surface area contributed by atoms with Gasteiger partial charge in [0.2, 0.25) is 0 Å². The van der Waals surface area contributed by atoms with Gasteiger partial charge < -0.3 is 15.6 Å². The van der Waals surface area contributed by atoms with Crippen LogP contribution in [0.4, 0.5) is 5.69 Å². The van der Waals surface area contributed by atoms with Gasteiger partial charge in [-0.1, -0.05) is 24.3 Å². The lowest BCUT2D eigenvalue weighted by molar-refractivity contribution is 0.0695. The van der Waals surface area contributed by atoms with Gasteiger partial charge in [-0.15, -0.1) is 0 Å². The highest BCUT2D eigenvalue weighted by Crippen LogP contribution is 2.27. The van der Waals surface area contributed by atoms with Crippen LogP contribution in [0.2, 0.25) is 0 Å². The van der Waals surface area contributed by atoms with Gasteiger partial charge in [-0.3, -0.25) is 0 Å². The van der Waals surface area contributed by atoms with Crippen LogP contribution in [0.1, 0.15) is 32.6 Å². The zero-order chi connectivity index (χ0) is 15.6. The molecule has 0 aliphatic heterocycles. The minimum absolute atomic E-state index is 0.112. The fraction of sp³-hybridized carbons (Fsp3) is 0.235. The number of aromatic carboxylic acids is 1. The smallest absolute Gasteiger partial charge is 0.338 e. The number of carbonyl (C=O) groups is 1. The van der Waals surface area contributed by atoms with Crippen molar-refractivity contribution >= 4 is 11.7 Å². The number of carboxylic acid groups (broad SMARTS) is 1. The van der Waals surface area contributed by atoms with E-state index in [4.69, 9.17) is 10.5 Å². The number of nitrogens with two attached hydrogens (primary N) is 1. The van der Waals surface area contributed by atoms with Crippen LogP contribution in [-0.2, 0) is 6.61 Å². The zero-order valence-electron chi connectivity index (χ0n) is 12.4. The van der Waals surface area contributed by atoms with E-state index in [9.17, 15) is 9.90 Å². The third-order valence-corrected chi connectivity index (χ3v) is 3.64. The molecular weight excluding hydrogens is 266 g/mol. The molecule has 0 fully saturated rings. The van der Waals surface area contributed by atoms with E-state index in [-0.39, 0.29) is 17.9 Å². The highest BCUT2D eigenvalue weighted by Gasteiger charge is 2.15. The van der Waals surface area contributed by atoms with Gasteiger partial charge in [0, 0.05) is 11.3 Å². The average molecular weight is 285 g/mol. The number of rotatable bonds is 4. The van der Waals surface area contributed by atoms with E-state index < -0.39 is 5.97 Å². The number of nitrogen functional groups attached to an aromatic ring is 1. The van der Waals surface area contributed by atoms with E-state index in [1.54, 1.807) is 18.2 Å². The summed E-state index contributed by atoms with van der Waals surface area (Å²) < 4.78 is 5.86. The molecule has 0 bridgehead atoms. The molecule has 0 atom stereocenters. The predicted molar refractivity (Wildman–Crippen MR) is 82.8 cm³/mol. The minimum Gasteiger partial charge on any atom is -0.488 e. The number of carboxylic acids is 1. The summed E-state index contributed by atoms with van der Waals surface area (Å²) in [7, 11) is 0. The van der Waals surface area contributed by atoms with E-state index in [0.717, 1.165) is 22.4 Å². The van der Waals surface area contributed by atoms with Crippen LogP contribution in [0.3, 0.4) is 0 Å². The highest BCUT2D eigenvalue weighted by molar-refractivity contribution is 5.95. The Kier molecular flexibility index (Phi) is 4.17. The molecule has 0 radical (unpaired) electrons. The number of ether oxygens (including phenoxy) is 1. The molecular formula is C17H19NO3. The van der Waals surface area contributed by atoms with Crippen molar-refractivity contribution in [3.63, 3.8) is 0 Å². The maximum absolute atomic E-state index is 11.3. The van der Waals surface area contributed by atoms with E-state index in [1.165, 1.54) is 0 Å². The fourth-order valence-corrected chi connectivity index (χ4v) is 2.30. The number of anilines is 1. The Hall–Kier alpha value is -2.49. The summed E-state index contributed by atoms with van der Waals surface area (Å²) in [5.41, 5.74) is 9.91. The van der Waals surface area contributed by atoms with E-state index >= 15 is 0 Å². The zero-order valence-corrected chi connectivity index (χ0v) is 12.4. The van der Waals surface area contributed by atoms with Crippen molar-refractivity contribution in [1.29, 1.82) is 0 Å². The third-order valence-electron chi connectivity index (χ3n) is 3.64. The molecule has 0 aliphatic carbocycles.